The lowest BCUT2D eigenvalue weighted by atomic mass is 10.1. The van der Waals surface area contributed by atoms with Gasteiger partial charge < -0.3 is 19.2 Å². The van der Waals surface area contributed by atoms with Gasteiger partial charge in [0.2, 0.25) is 5.91 Å². The molecule has 1 amide bonds. The molecule has 2 aromatic carbocycles. The summed E-state index contributed by atoms with van der Waals surface area (Å²) in [5.41, 5.74) is 2.74. The van der Waals surface area contributed by atoms with Gasteiger partial charge in [0.1, 0.15) is 0 Å². The molecule has 0 unspecified atom stereocenters. The van der Waals surface area contributed by atoms with E-state index in [2.05, 4.69) is 10.3 Å². The second kappa shape index (κ2) is 7.12. The number of aromatic amines is 1. The first kappa shape index (κ1) is 16.6. The minimum Gasteiger partial charge on any atom is -0.493 e. The molecule has 0 fully saturated rings. The number of amides is 1. The topological polar surface area (TPSA) is 93.6 Å². The molecule has 3 rings (SSSR count). The number of H-pyrrole nitrogens is 1. The van der Waals surface area contributed by atoms with E-state index in [0.29, 0.717) is 29.1 Å². The Morgan fingerprint density at radius 3 is 2.60 bits per heavy atom. The van der Waals surface area contributed by atoms with Gasteiger partial charge in [0.15, 0.2) is 17.1 Å². The van der Waals surface area contributed by atoms with Gasteiger partial charge in [-0.25, -0.2) is 4.79 Å². The summed E-state index contributed by atoms with van der Waals surface area (Å²) in [7, 11) is 3.14. The fourth-order valence-corrected chi connectivity index (χ4v) is 2.55. The van der Waals surface area contributed by atoms with Crippen LogP contribution >= 0.6 is 0 Å². The molecule has 1 heterocycles. The minimum atomic E-state index is -0.509. The molecule has 0 aliphatic heterocycles. The van der Waals surface area contributed by atoms with Crippen LogP contribution in [-0.2, 0) is 17.8 Å². The fourth-order valence-electron chi connectivity index (χ4n) is 2.55. The average Bonchev–Trinajstić information content (AvgIpc) is 2.99. The average molecular weight is 342 g/mol. The first-order valence-corrected chi connectivity index (χ1v) is 7.68. The maximum absolute atomic E-state index is 12.1. The van der Waals surface area contributed by atoms with E-state index in [9.17, 15) is 9.59 Å². The summed E-state index contributed by atoms with van der Waals surface area (Å²) in [6.07, 6.45) is 0.205. The maximum Gasteiger partial charge on any atom is 0.417 e. The molecule has 0 saturated heterocycles. The number of hydrogen-bond acceptors (Lipinski definition) is 5. The molecule has 0 aliphatic carbocycles. The Morgan fingerprint density at radius 1 is 1.08 bits per heavy atom. The summed E-state index contributed by atoms with van der Waals surface area (Å²) < 4.78 is 15.4. The Balaban J connectivity index is 1.63. The Bertz CT molecular complexity index is 957. The van der Waals surface area contributed by atoms with E-state index in [1.807, 2.05) is 12.1 Å². The molecule has 130 valence electrons. The summed E-state index contributed by atoms with van der Waals surface area (Å²) in [6, 6.07) is 10.6. The first-order valence-electron chi connectivity index (χ1n) is 7.68. The highest BCUT2D eigenvalue weighted by atomic mass is 16.5. The molecule has 1 aromatic heterocycles. The number of fused-ring (bicyclic) bond motifs is 1. The van der Waals surface area contributed by atoms with Crippen LogP contribution in [0.25, 0.3) is 11.1 Å². The normalized spacial score (nSPS) is 10.6. The highest BCUT2D eigenvalue weighted by Gasteiger charge is 2.08. The largest absolute Gasteiger partial charge is 0.493 e. The van der Waals surface area contributed by atoms with E-state index in [1.54, 1.807) is 38.5 Å². The summed E-state index contributed by atoms with van der Waals surface area (Å²) in [5.74, 6) is 0.619. The third-order valence-corrected chi connectivity index (χ3v) is 3.79. The van der Waals surface area contributed by atoms with Gasteiger partial charge in [0.25, 0.3) is 0 Å². The molecule has 0 radical (unpaired) electrons. The van der Waals surface area contributed by atoms with Gasteiger partial charge in [-0.2, -0.15) is 0 Å². The fraction of sp³-hybridized carbons (Fsp3) is 0.222. The van der Waals surface area contributed by atoms with Crippen LogP contribution in [0.3, 0.4) is 0 Å². The molecule has 0 atom stereocenters. The molecular formula is C18H18N2O5. The van der Waals surface area contributed by atoms with Gasteiger partial charge in [-0.3, -0.25) is 9.78 Å². The van der Waals surface area contributed by atoms with Gasteiger partial charge in [0, 0.05) is 6.54 Å². The molecule has 7 heteroatoms. The van der Waals surface area contributed by atoms with Crippen molar-refractivity contribution in [2.75, 3.05) is 14.2 Å². The van der Waals surface area contributed by atoms with E-state index in [-0.39, 0.29) is 12.3 Å². The molecular weight excluding hydrogens is 324 g/mol. The molecule has 0 spiro atoms. The van der Waals surface area contributed by atoms with Crippen molar-refractivity contribution in [3.05, 3.63) is 58.1 Å². The van der Waals surface area contributed by atoms with Crippen molar-refractivity contribution in [3.63, 3.8) is 0 Å². The third kappa shape index (κ3) is 3.82. The number of rotatable bonds is 6. The molecule has 0 saturated carbocycles. The zero-order valence-corrected chi connectivity index (χ0v) is 13.9. The minimum absolute atomic E-state index is 0.125. The van der Waals surface area contributed by atoms with Crippen molar-refractivity contribution in [2.45, 2.75) is 13.0 Å². The number of oxazole rings is 1. The molecule has 3 aromatic rings. The van der Waals surface area contributed by atoms with Gasteiger partial charge >= 0.3 is 5.76 Å². The first-order chi connectivity index (χ1) is 12.1. The van der Waals surface area contributed by atoms with Crippen LogP contribution in [0.2, 0.25) is 0 Å². The van der Waals surface area contributed by atoms with Gasteiger partial charge in [-0.1, -0.05) is 12.1 Å². The number of nitrogens with one attached hydrogen (secondary N) is 2. The molecule has 2 N–H and O–H groups in total. The molecule has 25 heavy (non-hydrogen) atoms. The van der Waals surface area contributed by atoms with E-state index in [0.717, 1.165) is 11.1 Å². The summed E-state index contributed by atoms with van der Waals surface area (Å²) in [6.45, 7) is 0.379. The van der Waals surface area contributed by atoms with Gasteiger partial charge in [0.05, 0.1) is 26.2 Å². The van der Waals surface area contributed by atoms with E-state index in [4.69, 9.17) is 13.9 Å². The lowest BCUT2D eigenvalue weighted by Gasteiger charge is -2.10. The van der Waals surface area contributed by atoms with Crippen molar-refractivity contribution < 1.29 is 18.7 Å². The quantitative estimate of drug-likeness (QED) is 0.715. The van der Waals surface area contributed by atoms with Gasteiger partial charge in [-0.05, 0) is 35.4 Å². The highest BCUT2D eigenvalue weighted by molar-refractivity contribution is 5.80. The van der Waals surface area contributed by atoms with E-state index in [1.165, 1.54) is 0 Å². The SMILES string of the molecule is COc1ccc(CNC(=O)Cc2ccc3oc(=O)[nH]c3c2)cc1OC. The summed E-state index contributed by atoms with van der Waals surface area (Å²) in [5, 5.41) is 2.86. The zero-order chi connectivity index (χ0) is 17.8. The number of aromatic nitrogens is 1. The summed E-state index contributed by atoms with van der Waals surface area (Å²) in [4.78, 5) is 25.9. The van der Waals surface area contributed by atoms with Crippen LogP contribution in [0.4, 0.5) is 0 Å². The number of benzene rings is 2. The third-order valence-electron chi connectivity index (χ3n) is 3.79. The number of methoxy groups -OCH3 is 2. The second-order valence-electron chi connectivity index (χ2n) is 5.49. The van der Waals surface area contributed by atoms with Crippen molar-refractivity contribution in [3.8, 4) is 11.5 Å². The van der Waals surface area contributed by atoms with Crippen molar-refractivity contribution in [1.82, 2.24) is 10.3 Å². The lowest BCUT2D eigenvalue weighted by Crippen LogP contribution is -2.24. The number of carbonyl (C=O) groups excluding carboxylic acids is 1. The van der Waals surface area contributed by atoms with Crippen molar-refractivity contribution in [1.29, 1.82) is 0 Å². The van der Waals surface area contributed by atoms with Crippen LogP contribution in [-0.4, -0.2) is 25.1 Å². The number of ether oxygens (including phenoxy) is 2. The van der Waals surface area contributed by atoms with E-state index < -0.39 is 5.76 Å². The van der Waals surface area contributed by atoms with Gasteiger partial charge in [-0.15, -0.1) is 0 Å². The Labute approximate surface area is 143 Å². The standard InChI is InChI=1S/C18H18N2O5/c1-23-15-6-4-12(8-16(15)24-2)10-19-17(21)9-11-3-5-14-13(7-11)20-18(22)25-14/h3-8H,9-10H2,1-2H3,(H,19,21)(H,20,22). The zero-order valence-electron chi connectivity index (χ0n) is 13.9. The van der Waals surface area contributed by atoms with Crippen LogP contribution in [0.15, 0.2) is 45.6 Å². The predicted molar refractivity (Wildman–Crippen MR) is 91.9 cm³/mol. The number of carbonyl (C=O) groups is 1. The molecule has 0 aliphatic rings. The molecule has 0 bridgehead atoms. The van der Waals surface area contributed by atoms with Crippen LogP contribution in [0.5, 0.6) is 11.5 Å². The van der Waals surface area contributed by atoms with E-state index >= 15 is 0 Å². The Morgan fingerprint density at radius 2 is 1.84 bits per heavy atom. The monoisotopic (exact) mass is 342 g/mol. The Hall–Kier alpha value is -3.22. The predicted octanol–water partition coefficient (Wildman–Crippen LogP) is 2.00. The Kier molecular flexibility index (Phi) is 4.74. The molecule has 7 nitrogen and oxygen atoms in total. The lowest BCUT2D eigenvalue weighted by molar-refractivity contribution is -0.120. The number of hydrogen-bond donors (Lipinski definition) is 2. The van der Waals surface area contributed by atoms with Crippen LogP contribution in [0.1, 0.15) is 11.1 Å². The highest BCUT2D eigenvalue weighted by Crippen LogP contribution is 2.27. The second-order valence-corrected chi connectivity index (χ2v) is 5.49. The smallest absolute Gasteiger partial charge is 0.417 e. The van der Waals surface area contributed by atoms with Crippen molar-refractivity contribution >= 4 is 17.0 Å². The van der Waals surface area contributed by atoms with Crippen LogP contribution in [0, 0.1) is 0 Å². The maximum atomic E-state index is 12.1. The van der Waals surface area contributed by atoms with Crippen LogP contribution < -0.4 is 20.5 Å². The van der Waals surface area contributed by atoms with Crippen molar-refractivity contribution in [2.24, 2.45) is 0 Å². The summed E-state index contributed by atoms with van der Waals surface area (Å²) >= 11 is 0.